The highest BCUT2D eigenvalue weighted by atomic mass is 16.6. The molecule has 1 aliphatic rings. The maximum Gasteiger partial charge on any atom is 0.141 e. The normalized spacial score (nSPS) is 16.8. The summed E-state index contributed by atoms with van der Waals surface area (Å²) in [5.74, 6) is 5.42. The molecule has 4 nitrogen and oxygen atoms in total. The second-order valence-corrected chi connectivity index (χ2v) is 7.53. The van der Waals surface area contributed by atoms with Crippen molar-refractivity contribution >= 4 is 11.4 Å². The van der Waals surface area contributed by atoms with Crippen molar-refractivity contribution in [3.8, 4) is 0 Å². The lowest BCUT2D eigenvalue weighted by atomic mass is 9.89. The Morgan fingerprint density at radius 2 is 1.72 bits per heavy atom. The van der Waals surface area contributed by atoms with Gasteiger partial charge in [0.2, 0.25) is 0 Å². The lowest BCUT2D eigenvalue weighted by Gasteiger charge is -2.27. The first-order valence-electron chi connectivity index (χ1n) is 12.4. The van der Waals surface area contributed by atoms with Gasteiger partial charge in [0.15, 0.2) is 0 Å². The summed E-state index contributed by atoms with van der Waals surface area (Å²) in [5.41, 5.74) is 3.04. The molecule has 1 aromatic rings. The SMILES string of the molecule is C=C(/C=C(\N=C(C)C)c1ccccc1)ON.CC.CC.CCCCC1(CCC)CCCO1. The molecule has 1 fully saturated rings. The summed E-state index contributed by atoms with van der Waals surface area (Å²) in [7, 11) is 0. The number of hydrogen-bond acceptors (Lipinski definition) is 4. The molecule has 1 aliphatic heterocycles. The maximum absolute atomic E-state index is 5.88. The minimum Gasteiger partial charge on any atom is -0.412 e. The predicted octanol–water partition coefficient (Wildman–Crippen LogP) is 8.49. The Labute approximate surface area is 199 Å². The van der Waals surface area contributed by atoms with Crippen LogP contribution >= 0.6 is 0 Å². The van der Waals surface area contributed by atoms with Gasteiger partial charge in [-0.05, 0) is 39.5 Å². The van der Waals surface area contributed by atoms with Crippen LogP contribution in [0.1, 0.15) is 106 Å². The van der Waals surface area contributed by atoms with Crippen LogP contribution in [0.25, 0.3) is 5.70 Å². The third kappa shape index (κ3) is 14.2. The minimum absolute atomic E-state index is 0.296. The zero-order valence-corrected chi connectivity index (χ0v) is 22.2. The summed E-state index contributed by atoms with van der Waals surface area (Å²) in [6, 6.07) is 9.81. The highest BCUT2D eigenvalue weighted by Gasteiger charge is 2.32. The predicted molar refractivity (Wildman–Crippen MR) is 143 cm³/mol. The van der Waals surface area contributed by atoms with Crippen molar-refractivity contribution < 1.29 is 9.57 Å². The lowest BCUT2D eigenvalue weighted by molar-refractivity contribution is -0.0117. The van der Waals surface area contributed by atoms with Gasteiger partial charge < -0.3 is 9.57 Å². The molecule has 2 rings (SSSR count). The second-order valence-electron chi connectivity index (χ2n) is 7.53. The number of unbranched alkanes of at least 4 members (excludes halogenated alkanes) is 1. The molecule has 0 saturated carbocycles. The Morgan fingerprint density at radius 1 is 1.09 bits per heavy atom. The topological polar surface area (TPSA) is 56.8 Å². The van der Waals surface area contributed by atoms with Crippen LogP contribution < -0.4 is 5.90 Å². The molecule has 0 spiro atoms. The standard InChI is InChI=1S/C13H16N2O.C11H22O.2C2H6/c1-10(2)15-13(9-11(3)16-14)12-7-5-4-6-8-12;1-3-5-8-11(7-4-2)9-6-10-12-11;2*1-2/h4-9H,3,14H2,1-2H3;3-10H2,1-2H3;2*1-2H3/b13-9-;;;. The first-order chi connectivity index (χ1) is 15.5. The summed E-state index contributed by atoms with van der Waals surface area (Å²) in [6.07, 6.45) is 10.8. The van der Waals surface area contributed by atoms with Crippen LogP contribution in [0.4, 0.5) is 0 Å². The summed E-state index contributed by atoms with van der Waals surface area (Å²) >= 11 is 0. The van der Waals surface area contributed by atoms with Crippen molar-refractivity contribution in [1.29, 1.82) is 0 Å². The van der Waals surface area contributed by atoms with E-state index in [9.17, 15) is 0 Å². The quantitative estimate of drug-likeness (QED) is 0.179. The largest absolute Gasteiger partial charge is 0.412 e. The fourth-order valence-electron chi connectivity index (χ4n) is 3.45. The number of benzene rings is 1. The summed E-state index contributed by atoms with van der Waals surface area (Å²) < 4.78 is 5.88. The lowest BCUT2D eigenvalue weighted by Crippen LogP contribution is -2.27. The van der Waals surface area contributed by atoms with Crippen molar-refractivity contribution in [2.75, 3.05) is 6.61 Å². The smallest absolute Gasteiger partial charge is 0.141 e. The number of ether oxygens (including phenoxy) is 1. The zero-order valence-electron chi connectivity index (χ0n) is 22.2. The molecule has 0 radical (unpaired) electrons. The average molecular weight is 447 g/mol. The highest BCUT2D eigenvalue weighted by molar-refractivity contribution is 5.86. The summed E-state index contributed by atoms with van der Waals surface area (Å²) in [4.78, 5) is 8.96. The Bertz CT molecular complexity index is 626. The molecule has 1 unspecified atom stereocenters. The fraction of sp³-hybridized carbons (Fsp3) is 0.607. The number of aliphatic imine (C=N–C) groups is 1. The van der Waals surface area contributed by atoms with Crippen LogP contribution in [-0.2, 0) is 9.57 Å². The van der Waals surface area contributed by atoms with Gasteiger partial charge in [0, 0.05) is 24.0 Å². The first-order valence-corrected chi connectivity index (χ1v) is 12.4. The molecule has 0 bridgehead atoms. The van der Waals surface area contributed by atoms with E-state index in [1.165, 1.54) is 44.9 Å². The number of nitrogens with two attached hydrogens (primary N) is 1. The van der Waals surface area contributed by atoms with Gasteiger partial charge in [-0.25, -0.2) is 0 Å². The van der Waals surface area contributed by atoms with Crippen LogP contribution in [0.3, 0.4) is 0 Å². The third-order valence-electron chi connectivity index (χ3n) is 4.74. The average Bonchev–Trinajstić information content (AvgIpc) is 3.29. The summed E-state index contributed by atoms with van der Waals surface area (Å²) in [5, 5.41) is 0. The van der Waals surface area contributed by atoms with E-state index in [2.05, 4.69) is 30.3 Å². The highest BCUT2D eigenvalue weighted by Crippen LogP contribution is 2.34. The second kappa shape index (κ2) is 21.0. The van der Waals surface area contributed by atoms with Crippen LogP contribution in [-0.4, -0.2) is 17.9 Å². The molecule has 0 amide bonds. The molecule has 1 saturated heterocycles. The van der Waals surface area contributed by atoms with Gasteiger partial charge in [0.1, 0.15) is 5.76 Å². The Hall–Kier alpha value is -1.91. The maximum atomic E-state index is 5.88. The van der Waals surface area contributed by atoms with Gasteiger partial charge in [-0.1, -0.05) is 97.7 Å². The fourth-order valence-corrected chi connectivity index (χ4v) is 3.45. The van der Waals surface area contributed by atoms with Gasteiger partial charge in [-0.3, -0.25) is 4.99 Å². The van der Waals surface area contributed by atoms with Gasteiger partial charge in [-0.15, -0.1) is 0 Å². The minimum atomic E-state index is 0.296. The van der Waals surface area contributed by atoms with Crippen molar-refractivity contribution in [3.05, 3.63) is 54.3 Å². The zero-order chi connectivity index (χ0) is 24.8. The molecule has 184 valence electrons. The van der Waals surface area contributed by atoms with Crippen LogP contribution in [0, 0.1) is 0 Å². The molecule has 1 heterocycles. The monoisotopic (exact) mass is 446 g/mol. The number of hydrogen-bond donors (Lipinski definition) is 1. The molecule has 4 heteroatoms. The van der Waals surface area contributed by atoms with Crippen molar-refractivity contribution in [1.82, 2.24) is 0 Å². The van der Waals surface area contributed by atoms with E-state index in [0.29, 0.717) is 11.4 Å². The molecule has 0 aliphatic carbocycles. The van der Waals surface area contributed by atoms with E-state index in [-0.39, 0.29) is 0 Å². The van der Waals surface area contributed by atoms with E-state index in [1.54, 1.807) is 6.08 Å². The van der Waals surface area contributed by atoms with E-state index >= 15 is 0 Å². The van der Waals surface area contributed by atoms with Gasteiger partial charge in [-0.2, -0.15) is 5.90 Å². The van der Waals surface area contributed by atoms with Crippen molar-refractivity contribution in [2.24, 2.45) is 10.9 Å². The van der Waals surface area contributed by atoms with Crippen LogP contribution in [0.15, 0.2) is 53.7 Å². The first kappa shape index (κ1) is 32.3. The van der Waals surface area contributed by atoms with Gasteiger partial charge >= 0.3 is 0 Å². The van der Waals surface area contributed by atoms with Crippen molar-refractivity contribution in [2.45, 2.75) is 106 Å². The number of rotatable bonds is 9. The van der Waals surface area contributed by atoms with E-state index in [0.717, 1.165) is 23.6 Å². The Morgan fingerprint density at radius 3 is 2.16 bits per heavy atom. The number of nitrogens with zero attached hydrogens (tertiary/aromatic N) is 1. The van der Waals surface area contributed by atoms with Gasteiger partial charge in [0.25, 0.3) is 0 Å². The molecule has 2 N–H and O–H groups in total. The molecule has 32 heavy (non-hydrogen) atoms. The molecule has 1 aromatic carbocycles. The van der Waals surface area contributed by atoms with E-state index in [4.69, 9.17) is 10.6 Å². The molecule has 1 atom stereocenters. The van der Waals surface area contributed by atoms with E-state index < -0.39 is 0 Å². The van der Waals surface area contributed by atoms with E-state index in [1.807, 2.05) is 71.9 Å². The van der Waals surface area contributed by atoms with Crippen LogP contribution in [0.2, 0.25) is 0 Å². The Balaban J connectivity index is 0. The molecule has 0 aromatic heterocycles. The summed E-state index contributed by atoms with van der Waals surface area (Å²) in [6.45, 7) is 21.0. The van der Waals surface area contributed by atoms with Crippen molar-refractivity contribution in [3.63, 3.8) is 0 Å². The number of allylic oxidation sites excluding steroid dienone is 1. The van der Waals surface area contributed by atoms with Crippen LogP contribution in [0.5, 0.6) is 0 Å². The third-order valence-corrected chi connectivity index (χ3v) is 4.74. The van der Waals surface area contributed by atoms with Gasteiger partial charge in [0.05, 0.1) is 11.3 Å². The Kier molecular flexibility index (Phi) is 21.1. The molecular formula is C28H50N2O2. The molecular weight excluding hydrogens is 396 g/mol.